The van der Waals surface area contributed by atoms with Crippen LogP contribution in [0.5, 0.6) is 0 Å². The molecule has 1 rings (SSSR count). The quantitative estimate of drug-likeness (QED) is 0.394. The highest BCUT2D eigenvalue weighted by Crippen LogP contribution is 2.14. The Bertz CT molecular complexity index is 179. The molecule has 2 N–H and O–H groups in total. The van der Waals surface area contributed by atoms with Gasteiger partial charge in [-0.1, -0.05) is 0 Å². The molecule has 0 aromatic rings. The van der Waals surface area contributed by atoms with Crippen molar-refractivity contribution in [2.24, 2.45) is 5.84 Å². The molecule has 1 saturated heterocycles. The molecule has 0 aromatic carbocycles. The second-order valence-electron chi connectivity index (χ2n) is 2.47. The number of carbonyl (C=O) groups excluding carboxylic acids is 2. The lowest BCUT2D eigenvalue weighted by Crippen LogP contribution is -2.42. The molecule has 0 aliphatic carbocycles. The summed E-state index contributed by atoms with van der Waals surface area (Å²) < 4.78 is 0. The van der Waals surface area contributed by atoms with Gasteiger partial charge in [0.1, 0.15) is 6.04 Å². The molecule has 1 aliphatic rings. The Balaban J connectivity index is 2.66. The van der Waals surface area contributed by atoms with Crippen molar-refractivity contribution in [3.8, 4) is 0 Å². The molecule has 0 aromatic heterocycles. The molecule has 10 heavy (non-hydrogen) atoms. The van der Waals surface area contributed by atoms with Gasteiger partial charge in [0.15, 0.2) is 5.78 Å². The van der Waals surface area contributed by atoms with E-state index in [0.29, 0.717) is 12.8 Å². The van der Waals surface area contributed by atoms with Gasteiger partial charge in [-0.05, 0) is 13.3 Å². The monoisotopic (exact) mass is 142 g/mol. The number of amides is 1. The van der Waals surface area contributed by atoms with Crippen LogP contribution in [0.3, 0.4) is 0 Å². The van der Waals surface area contributed by atoms with Crippen LogP contribution in [0.15, 0.2) is 0 Å². The number of nitrogens with zero attached hydrogens (tertiary/aromatic N) is 1. The lowest BCUT2D eigenvalue weighted by molar-refractivity contribution is -0.133. The van der Waals surface area contributed by atoms with Crippen molar-refractivity contribution < 1.29 is 9.59 Å². The molecule has 0 spiro atoms. The molecule has 1 aliphatic heterocycles. The summed E-state index contributed by atoms with van der Waals surface area (Å²) in [6.07, 6.45) is 0.978. The van der Waals surface area contributed by atoms with Crippen molar-refractivity contribution in [3.63, 3.8) is 0 Å². The van der Waals surface area contributed by atoms with Gasteiger partial charge >= 0.3 is 0 Å². The minimum absolute atomic E-state index is 0.0339. The molecular formula is C6H10N2O2. The number of hydrogen-bond donors (Lipinski definition) is 1. The summed E-state index contributed by atoms with van der Waals surface area (Å²) in [5.41, 5.74) is 0. The summed E-state index contributed by atoms with van der Waals surface area (Å²) in [6, 6.07) is -0.368. The number of Topliss-reactive ketones (excluding diaryl/α,β-unsaturated/α-hetero) is 1. The average Bonchev–Trinajstić information content (AvgIpc) is 2.14. The predicted octanol–water partition coefficient (Wildman–Crippen LogP) is -0.560. The highest BCUT2D eigenvalue weighted by atomic mass is 16.2. The molecule has 1 unspecified atom stereocenters. The van der Waals surface area contributed by atoms with E-state index in [1.807, 2.05) is 0 Å². The first-order valence-corrected chi connectivity index (χ1v) is 3.20. The van der Waals surface area contributed by atoms with E-state index in [-0.39, 0.29) is 17.7 Å². The Labute approximate surface area is 59.0 Å². The molecule has 1 atom stereocenters. The van der Waals surface area contributed by atoms with Crippen molar-refractivity contribution in [3.05, 3.63) is 0 Å². The van der Waals surface area contributed by atoms with Crippen molar-refractivity contribution in [2.75, 3.05) is 0 Å². The standard InChI is InChI=1S/C6H10N2O2/c1-4(9)5-2-3-6(10)8(5)7/h5H,2-3,7H2,1H3. The lowest BCUT2D eigenvalue weighted by Gasteiger charge is -2.15. The Morgan fingerprint density at radius 1 is 1.80 bits per heavy atom. The molecule has 1 heterocycles. The fourth-order valence-electron chi connectivity index (χ4n) is 1.10. The topological polar surface area (TPSA) is 63.4 Å². The molecule has 0 radical (unpaired) electrons. The van der Waals surface area contributed by atoms with Crippen LogP contribution in [-0.2, 0) is 9.59 Å². The third kappa shape index (κ3) is 1.02. The van der Waals surface area contributed by atoms with Crippen LogP contribution in [0.4, 0.5) is 0 Å². The van der Waals surface area contributed by atoms with Crippen LogP contribution in [0, 0.1) is 0 Å². The fraction of sp³-hybridized carbons (Fsp3) is 0.667. The SMILES string of the molecule is CC(=O)C1CCC(=O)N1N. The van der Waals surface area contributed by atoms with E-state index in [0.717, 1.165) is 5.01 Å². The van der Waals surface area contributed by atoms with Gasteiger partial charge in [-0.2, -0.15) is 0 Å². The second kappa shape index (κ2) is 2.38. The van der Waals surface area contributed by atoms with Gasteiger partial charge < -0.3 is 0 Å². The third-order valence-corrected chi connectivity index (χ3v) is 1.72. The molecule has 1 amide bonds. The second-order valence-corrected chi connectivity index (χ2v) is 2.47. The lowest BCUT2D eigenvalue weighted by atomic mass is 10.2. The highest BCUT2D eigenvalue weighted by molar-refractivity contribution is 5.90. The Kier molecular flexibility index (Phi) is 1.72. The first kappa shape index (κ1) is 7.21. The smallest absolute Gasteiger partial charge is 0.237 e. The molecule has 1 fully saturated rings. The number of hydrogen-bond acceptors (Lipinski definition) is 3. The number of nitrogens with two attached hydrogens (primary N) is 1. The maximum atomic E-state index is 10.7. The van der Waals surface area contributed by atoms with Crippen LogP contribution in [-0.4, -0.2) is 22.7 Å². The predicted molar refractivity (Wildman–Crippen MR) is 34.7 cm³/mol. The van der Waals surface area contributed by atoms with Crippen molar-refractivity contribution in [2.45, 2.75) is 25.8 Å². The van der Waals surface area contributed by atoms with Crippen molar-refractivity contribution >= 4 is 11.7 Å². The summed E-state index contributed by atoms with van der Waals surface area (Å²) in [7, 11) is 0. The van der Waals surface area contributed by atoms with Crippen LogP contribution in [0.25, 0.3) is 0 Å². The Morgan fingerprint density at radius 3 is 2.60 bits per heavy atom. The first-order valence-electron chi connectivity index (χ1n) is 3.20. The largest absolute Gasteiger partial charge is 0.298 e. The average molecular weight is 142 g/mol. The minimum atomic E-state index is -0.368. The van der Waals surface area contributed by atoms with Crippen LogP contribution in [0.1, 0.15) is 19.8 Å². The highest BCUT2D eigenvalue weighted by Gasteiger charge is 2.31. The van der Waals surface area contributed by atoms with Gasteiger partial charge in [-0.25, -0.2) is 5.84 Å². The van der Waals surface area contributed by atoms with Crippen LogP contribution >= 0.6 is 0 Å². The Hall–Kier alpha value is -0.900. The number of rotatable bonds is 1. The summed E-state index contributed by atoms with van der Waals surface area (Å²) >= 11 is 0. The molecular weight excluding hydrogens is 132 g/mol. The van der Waals surface area contributed by atoms with Gasteiger partial charge in [0.25, 0.3) is 0 Å². The maximum absolute atomic E-state index is 10.7. The van der Waals surface area contributed by atoms with Crippen LogP contribution < -0.4 is 5.84 Å². The van der Waals surface area contributed by atoms with E-state index in [1.54, 1.807) is 0 Å². The van der Waals surface area contributed by atoms with Crippen molar-refractivity contribution in [1.29, 1.82) is 0 Å². The van der Waals surface area contributed by atoms with Gasteiger partial charge in [-0.3, -0.25) is 14.6 Å². The summed E-state index contributed by atoms with van der Waals surface area (Å²) in [5.74, 6) is 5.11. The van der Waals surface area contributed by atoms with Gasteiger partial charge in [-0.15, -0.1) is 0 Å². The maximum Gasteiger partial charge on any atom is 0.237 e. The number of carbonyl (C=O) groups is 2. The zero-order valence-electron chi connectivity index (χ0n) is 5.83. The van der Waals surface area contributed by atoms with E-state index in [2.05, 4.69) is 0 Å². The summed E-state index contributed by atoms with van der Waals surface area (Å²) in [4.78, 5) is 21.5. The molecule has 56 valence electrons. The summed E-state index contributed by atoms with van der Waals surface area (Å²) in [6.45, 7) is 1.45. The van der Waals surface area contributed by atoms with Crippen molar-refractivity contribution in [1.82, 2.24) is 5.01 Å². The van der Waals surface area contributed by atoms with Gasteiger partial charge in [0.2, 0.25) is 5.91 Å². The zero-order valence-corrected chi connectivity index (χ0v) is 5.83. The van der Waals surface area contributed by atoms with E-state index in [9.17, 15) is 9.59 Å². The molecule has 0 saturated carbocycles. The number of hydrazine groups is 1. The number of ketones is 1. The van der Waals surface area contributed by atoms with E-state index in [4.69, 9.17) is 5.84 Å². The first-order chi connectivity index (χ1) is 4.63. The van der Waals surface area contributed by atoms with Gasteiger partial charge in [0, 0.05) is 6.42 Å². The van der Waals surface area contributed by atoms with E-state index < -0.39 is 0 Å². The van der Waals surface area contributed by atoms with Crippen LogP contribution in [0.2, 0.25) is 0 Å². The van der Waals surface area contributed by atoms with Gasteiger partial charge in [0.05, 0.1) is 0 Å². The minimum Gasteiger partial charge on any atom is -0.298 e. The molecule has 4 nitrogen and oxygen atoms in total. The molecule has 0 bridgehead atoms. The van der Waals surface area contributed by atoms with E-state index >= 15 is 0 Å². The third-order valence-electron chi connectivity index (χ3n) is 1.72. The Morgan fingerprint density at radius 2 is 2.40 bits per heavy atom. The van der Waals surface area contributed by atoms with E-state index in [1.165, 1.54) is 6.92 Å². The normalized spacial score (nSPS) is 25.6. The molecule has 4 heteroatoms. The zero-order chi connectivity index (χ0) is 7.72. The summed E-state index contributed by atoms with van der Waals surface area (Å²) in [5, 5.41) is 1.03. The fourth-order valence-corrected chi connectivity index (χ4v) is 1.10.